The number of benzene rings is 2. The standard InChI is InChI=1S/C21H21ClN2O2/c1-12(2)13-6-8-14(9-7-13)20-16-5-3-4-15(16)19-18(24(25)26)11-10-17(22)21(19)23-20/h3-4,6-12,15-16,20,23H,5H2,1-2H3/t15-,16+,20-/m0/s1. The van der Waals surface area contributed by atoms with Crippen molar-refractivity contribution in [2.24, 2.45) is 5.92 Å². The van der Waals surface area contributed by atoms with E-state index in [0.717, 1.165) is 12.0 Å². The number of hydrogen-bond donors (Lipinski definition) is 1. The third-order valence-electron chi connectivity index (χ3n) is 5.60. The van der Waals surface area contributed by atoms with Gasteiger partial charge in [0.1, 0.15) is 0 Å². The van der Waals surface area contributed by atoms with E-state index >= 15 is 0 Å². The number of nitro benzene ring substituents is 1. The van der Waals surface area contributed by atoms with Gasteiger partial charge in [-0.25, -0.2) is 0 Å². The van der Waals surface area contributed by atoms with Crippen LogP contribution in [0, 0.1) is 16.0 Å². The zero-order chi connectivity index (χ0) is 18.4. The number of anilines is 1. The molecule has 4 nitrogen and oxygen atoms in total. The Hall–Kier alpha value is -2.33. The first-order chi connectivity index (χ1) is 12.5. The van der Waals surface area contributed by atoms with Crippen LogP contribution in [0.2, 0.25) is 5.02 Å². The molecule has 134 valence electrons. The van der Waals surface area contributed by atoms with Crippen LogP contribution in [0.3, 0.4) is 0 Å². The molecule has 0 saturated heterocycles. The molecule has 2 aliphatic rings. The first-order valence-electron chi connectivity index (χ1n) is 8.97. The number of rotatable bonds is 3. The van der Waals surface area contributed by atoms with Gasteiger partial charge in [-0.1, -0.05) is 61.9 Å². The molecule has 1 N–H and O–H groups in total. The molecule has 0 radical (unpaired) electrons. The maximum Gasteiger partial charge on any atom is 0.275 e. The third kappa shape index (κ3) is 2.69. The monoisotopic (exact) mass is 368 g/mol. The average Bonchev–Trinajstić information content (AvgIpc) is 3.11. The maximum absolute atomic E-state index is 11.5. The first kappa shape index (κ1) is 17.1. The molecular weight excluding hydrogens is 348 g/mol. The molecule has 2 aromatic carbocycles. The quantitative estimate of drug-likeness (QED) is 0.398. The van der Waals surface area contributed by atoms with Gasteiger partial charge in [-0.15, -0.1) is 0 Å². The Labute approximate surface area is 158 Å². The molecule has 0 unspecified atom stereocenters. The lowest BCUT2D eigenvalue weighted by molar-refractivity contribution is -0.385. The molecule has 1 aliphatic heterocycles. The number of hydrogen-bond acceptors (Lipinski definition) is 3. The molecule has 0 bridgehead atoms. The maximum atomic E-state index is 11.5. The summed E-state index contributed by atoms with van der Waals surface area (Å²) >= 11 is 6.42. The summed E-state index contributed by atoms with van der Waals surface area (Å²) in [7, 11) is 0. The van der Waals surface area contributed by atoms with Crippen LogP contribution in [0.4, 0.5) is 11.4 Å². The molecule has 26 heavy (non-hydrogen) atoms. The lowest BCUT2D eigenvalue weighted by Crippen LogP contribution is -2.29. The van der Waals surface area contributed by atoms with E-state index in [-0.39, 0.29) is 28.5 Å². The number of allylic oxidation sites excluding steroid dienone is 2. The molecule has 1 heterocycles. The largest absolute Gasteiger partial charge is 0.376 e. The van der Waals surface area contributed by atoms with Gasteiger partial charge in [-0.2, -0.15) is 0 Å². The Kier molecular flexibility index (Phi) is 4.23. The summed E-state index contributed by atoms with van der Waals surface area (Å²) in [6.45, 7) is 4.36. The predicted octanol–water partition coefficient (Wildman–Crippen LogP) is 6.20. The lowest BCUT2D eigenvalue weighted by Gasteiger charge is -2.37. The molecule has 0 fully saturated rings. The average molecular weight is 369 g/mol. The van der Waals surface area contributed by atoms with Crippen LogP contribution in [0.15, 0.2) is 48.6 Å². The summed E-state index contributed by atoms with van der Waals surface area (Å²) < 4.78 is 0. The van der Waals surface area contributed by atoms with Crippen LogP contribution < -0.4 is 5.32 Å². The Morgan fingerprint density at radius 1 is 1.19 bits per heavy atom. The van der Waals surface area contributed by atoms with Crippen molar-refractivity contribution in [3.63, 3.8) is 0 Å². The Morgan fingerprint density at radius 3 is 2.58 bits per heavy atom. The second kappa shape index (κ2) is 6.44. The van der Waals surface area contributed by atoms with Crippen LogP contribution in [0.1, 0.15) is 54.8 Å². The van der Waals surface area contributed by atoms with Crippen molar-refractivity contribution in [3.8, 4) is 0 Å². The van der Waals surface area contributed by atoms with Crippen molar-refractivity contribution >= 4 is 23.0 Å². The van der Waals surface area contributed by atoms with E-state index in [1.54, 1.807) is 6.07 Å². The number of halogens is 1. The molecule has 5 heteroatoms. The number of nitro groups is 1. The Balaban J connectivity index is 1.80. The minimum atomic E-state index is -0.308. The highest BCUT2D eigenvalue weighted by Crippen LogP contribution is 2.54. The molecule has 0 amide bonds. The Morgan fingerprint density at radius 2 is 1.92 bits per heavy atom. The van der Waals surface area contributed by atoms with E-state index in [1.807, 2.05) is 0 Å². The number of fused-ring (bicyclic) bond motifs is 3. The van der Waals surface area contributed by atoms with E-state index in [9.17, 15) is 10.1 Å². The van der Waals surface area contributed by atoms with E-state index in [1.165, 1.54) is 17.2 Å². The van der Waals surface area contributed by atoms with E-state index in [0.29, 0.717) is 16.6 Å². The van der Waals surface area contributed by atoms with Crippen molar-refractivity contribution in [2.45, 2.75) is 38.1 Å². The van der Waals surface area contributed by atoms with Crippen LogP contribution in [0.5, 0.6) is 0 Å². The van der Waals surface area contributed by atoms with Crippen molar-refractivity contribution < 1.29 is 4.92 Å². The SMILES string of the molecule is CC(C)c1ccc([C@@H]2Nc3c(Cl)ccc([N+](=O)[O-])c3[C@H]3C=CC[C@H]32)cc1. The summed E-state index contributed by atoms with van der Waals surface area (Å²) in [5, 5.41) is 15.6. The van der Waals surface area contributed by atoms with Gasteiger partial charge < -0.3 is 5.32 Å². The van der Waals surface area contributed by atoms with Gasteiger partial charge in [0.25, 0.3) is 5.69 Å². The molecule has 1 aliphatic carbocycles. The summed E-state index contributed by atoms with van der Waals surface area (Å²) in [4.78, 5) is 11.2. The van der Waals surface area contributed by atoms with Crippen LogP contribution in [0.25, 0.3) is 0 Å². The molecule has 2 aromatic rings. The van der Waals surface area contributed by atoms with Gasteiger partial charge in [0.05, 0.1) is 27.2 Å². The fraction of sp³-hybridized carbons (Fsp3) is 0.333. The van der Waals surface area contributed by atoms with Crippen molar-refractivity contribution in [3.05, 3.63) is 80.4 Å². The number of nitrogens with zero attached hydrogens (tertiary/aromatic N) is 1. The van der Waals surface area contributed by atoms with Crippen LogP contribution in [-0.2, 0) is 0 Å². The van der Waals surface area contributed by atoms with Crippen molar-refractivity contribution in [1.82, 2.24) is 0 Å². The first-order valence-corrected chi connectivity index (χ1v) is 9.35. The van der Waals surface area contributed by atoms with Crippen LogP contribution in [-0.4, -0.2) is 4.92 Å². The van der Waals surface area contributed by atoms with Gasteiger partial charge in [0.15, 0.2) is 0 Å². The normalized spacial score (nSPS) is 23.5. The zero-order valence-electron chi connectivity index (χ0n) is 14.8. The zero-order valence-corrected chi connectivity index (χ0v) is 15.5. The summed E-state index contributed by atoms with van der Waals surface area (Å²) in [5.74, 6) is 0.756. The second-order valence-electron chi connectivity index (χ2n) is 7.41. The van der Waals surface area contributed by atoms with Gasteiger partial charge in [0, 0.05) is 12.0 Å². The summed E-state index contributed by atoms with van der Waals surface area (Å²) in [6, 6.07) is 11.9. The fourth-order valence-electron chi connectivity index (χ4n) is 4.23. The fourth-order valence-corrected chi connectivity index (χ4v) is 4.45. The van der Waals surface area contributed by atoms with Crippen LogP contribution >= 0.6 is 11.6 Å². The third-order valence-corrected chi connectivity index (χ3v) is 5.92. The second-order valence-corrected chi connectivity index (χ2v) is 7.82. The summed E-state index contributed by atoms with van der Waals surface area (Å²) in [6.07, 6.45) is 5.13. The minimum absolute atomic E-state index is 0.0140. The van der Waals surface area contributed by atoms with Crippen molar-refractivity contribution in [2.75, 3.05) is 5.32 Å². The molecular formula is C21H21ClN2O2. The molecule has 0 saturated carbocycles. The highest BCUT2D eigenvalue weighted by Gasteiger charge is 2.42. The number of nitrogens with one attached hydrogen (secondary N) is 1. The summed E-state index contributed by atoms with van der Waals surface area (Å²) in [5.41, 5.74) is 4.07. The van der Waals surface area contributed by atoms with E-state index in [4.69, 9.17) is 11.6 Å². The molecule has 0 aromatic heterocycles. The van der Waals surface area contributed by atoms with Gasteiger partial charge in [-0.3, -0.25) is 10.1 Å². The highest BCUT2D eigenvalue weighted by atomic mass is 35.5. The minimum Gasteiger partial charge on any atom is -0.376 e. The molecule has 3 atom stereocenters. The topological polar surface area (TPSA) is 55.2 Å². The predicted molar refractivity (Wildman–Crippen MR) is 105 cm³/mol. The van der Waals surface area contributed by atoms with Gasteiger partial charge in [-0.05, 0) is 35.4 Å². The highest BCUT2D eigenvalue weighted by molar-refractivity contribution is 6.33. The van der Waals surface area contributed by atoms with Gasteiger partial charge in [0.2, 0.25) is 0 Å². The molecule has 4 rings (SSSR count). The van der Waals surface area contributed by atoms with E-state index < -0.39 is 0 Å². The molecule has 0 spiro atoms. The van der Waals surface area contributed by atoms with Gasteiger partial charge >= 0.3 is 0 Å². The Bertz CT molecular complexity index is 890. The van der Waals surface area contributed by atoms with Crippen molar-refractivity contribution in [1.29, 1.82) is 0 Å². The lowest BCUT2D eigenvalue weighted by atomic mass is 9.76. The smallest absolute Gasteiger partial charge is 0.275 e. The van der Waals surface area contributed by atoms with E-state index in [2.05, 4.69) is 55.6 Å².